The molecule has 4 nitrogen and oxygen atoms in total. The van der Waals surface area contributed by atoms with Gasteiger partial charge in [-0.1, -0.05) is 47.5 Å². The molecule has 0 aliphatic heterocycles. The summed E-state index contributed by atoms with van der Waals surface area (Å²) in [5.41, 5.74) is 1.24. The molecule has 0 radical (unpaired) electrons. The molecule has 0 spiro atoms. The van der Waals surface area contributed by atoms with Crippen LogP contribution in [0.3, 0.4) is 0 Å². The molecule has 0 aliphatic rings. The van der Waals surface area contributed by atoms with Crippen LogP contribution in [0.1, 0.15) is 25.0 Å². The number of hydrogen-bond donors (Lipinski definition) is 0. The minimum atomic E-state index is -1.29. The Hall–Kier alpha value is -2.04. The molecule has 0 amide bonds. The summed E-state index contributed by atoms with van der Waals surface area (Å²) in [6.45, 7) is 2.65. The van der Waals surface area contributed by atoms with Gasteiger partial charge in [0, 0.05) is 13.8 Å². The van der Waals surface area contributed by atoms with Crippen LogP contribution >= 0.6 is 23.2 Å². The Labute approximate surface area is 143 Å². The first-order valence-electron chi connectivity index (χ1n) is 6.75. The van der Waals surface area contributed by atoms with Crippen molar-refractivity contribution in [3.05, 3.63) is 59.7 Å². The van der Waals surface area contributed by atoms with Gasteiger partial charge in [-0.05, 0) is 35.4 Å². The van der Waals surface area contributed by atoms with Gasteiger partial charge in [0.1, 0.15) is 11.5 Å². The highest BCUT2D eigenvalue weighted by Gasteiger charge is 2.29. The van der Waals surface area contributed by atoms with E-state index < -0.39 is 16.3 Å². The van der Waals surface area contributed by atoms with Gasteiger partial charge in [-0.15, -0.1) is 0 Å². The van der Waals surface area contributed by atoms with Crippen molar-refractivity contribution in [2.24, 2.45) is 0 Å². The van der Waals surface area contributed by atoms with Crippen LogP contribution in [0.15, 0.2) is 48.5 Å². The van der Waals surface area contributed by atoms with Crippen molar-refractivity contribution in [2.45, 2.75) is 18.2 Å². The van der Waals surface area contributed by atoms with E-state index in [1.165, 1.54) is 13.8 Å². The summed E-state index contributed by atoms with van der Waals surface area (Å²) in [5.74, 6) is 0.0230. The molecule has 2 rings (SSSR count). The maximum Gasteiger partial charge on any atom is 0.308 e. The molecule has 2 aromatic carbocycles. The number of hydrogen-bond acceptors (Lipinski definition) is 4. The summed E-state index contributed by atoms with van der Waals surface area (Å²) in [5, 5.41) is 0. The fourth-order valence-electron chi connectivity index (χ4n) is 1.96. The molecule has 0 fully saturated rings. The zero-order valence-corrected chi connectivity index (χ0v) is 14.0. The lowest BCUT2D eigenvalue weighted by Crippen LogP contribution is -2.12. The molecule has 0 unspecified atom stereocenters. The molecule has 0 atom stereocenters. The number of carbonyl (C=O) groups is 2. The van der Waals surface area contributed by atoms with Crippen LogP contribution in [0.2, 0.25) is 0 Å². The van der Waals surface area contributed by atoms with E-state index in [1.807, 2.05) is 0 Å². The van der Waals surface area contributed by atoms with E-state index in [1.54, 1.807) is 48.5 Å². The summed E-state index contributed by atoms with van der Waals surface area (Å²) < 4.78 is 8.65. The van der Waals surface area contributed by atoms with Crippen molar-refractivity contribution >= 4 is 35.1 Å². The van der Waals surface area contributed by atoms with Crippen molar-refractivity contribution in [3.63, 3.8) is 0 Å². The molecular formula is C17H14Cl2O4. The van der Waals surface area contributed by atoms with Gasteiger partial charge in [0.15, 0.2) is 4.33 Å². The van der Waals surface area contributed by atoms with Gasteiger partial charge in [-0.25, -0.2) is 0 Å². The molecule has 120 valence electrons. The van der Waals surface area contributed by atoms with E-state index in [4.69, 9.17) is 32.7 Å². The molecule has 0 bridgehead atoms. The number of alkyl halides is 2. The molecule has 0 saturated heterocycles. The highest BCUT2D eigenvalue weighted by Crippen LogP contribution is 2.41. The lowest BCUT2D eigenvalue weighted by molar-refractivity contribution is -0.132. The van der Waals surface area contributed by atoms with E-state index >= 15 is 0 Å². The van der Waals surface area contributed by atoms with Gasteiger partial charge in [-0.3, -0.25) is 9.59 Å². The zero-order chi connectivity index (χ0) is 17.0. The maximum absolute atomic E-state index is 10.9. The fourth-order valence-corrected chi connectivity index (χ4v) is 2.47. The Bertz CT molecular complexity index is 645. The lowest BCUT2D eigenvalue weighted by Gasteiger charge is -2.21. The molecule has 0 aliphatic carbocycles. The second-order valence-corrected chi connectivity index (χ2v) is 6.14. The average Bonchev–Trinajstić information content (AvgIpc) is 2.47. The van der Waals surface area contributed by atoms with Gasteiger partial charge in [0.2, 0.25) is 0 Å². The standard InChI is InChI=1S/C17H14Cl2O4/c1-11(20)22-15-7-3-13(4-8-15)17(18,19)14-5-9-16(10-6-14)23-12(2)21/h3-10H,1-2H3. The van der Waals surface area contributed by atoms with Crippen LogP contribution in [0, 0.1) is 0 Å². The Morgan fingerprint density at radius 2 is 1.04 bits per heavy atom. The van der Waals surface area contributed by atoms with Gasteiger partial charge >= 0.3 is 11.9 Å². The summed E-state index contributed by atoms with van der Waals surface area (Å²) in [6, 6.07) is 13.2. The molecule has 23 heavy (non-hydrogen) atoms. The van der Waals surface area contributed by atoms with Crippen molar-refractivity contribution < 1.29 is 19.1 Å². The Balaban J connectivity index is 2.23. The minimum Gasteiger partial charge on any atom is -0.427 e. The number of halogens is 2. The van der Waals surface area contributed by atoms with E-state index in [0.717, 1.165) is 0 Å². The fraction of sp³-hybridized carbons (Fsp3) is 0.176. The van der Waals surface area contributed by atoms with Crippen LogP contribution in [0.5, 0.6) is 11.5 Å². The smallest absolute Gasteiger partial charge is 0.308 e. The first-order chi connectivity index (χ1) is 10.8. The van der Waals surface area contributed by atoms with Crippen molar-refractivity contribution in [1.29, 1.82) is 0 Å². The number of rotatable bonds is 4. The average molecular weight is 353 g/mol. The number of benzene rings is 2. The number of esters is 2. The zero-order valence-electron chi connectivity index (χ0n) is 12.5. The minimum absolute atomic E-state index is 0.401. The Morgan fingerprint density at radius 3 is 1.30 bits per heavy atom. The summed E-state index contributed by atoms with van der Waals surface area (Å²) in [6.07, 6.45) is 0. The van der Waals surface area contributed by atoms with Crippen molar-refractivity contribution in [3.8, 4) is 11.5 Å². The van der Waals surface area contributed by atoms with E-state index in [-0.39, 0.29) is 0 Å². The maximum atomic E-state index is 10.9. The largest absolute Gasteiger partial charge is 0.427 e. The number of carbonyl (C=O) groups excluding carboxylic acids is 2. The van der Waals surface area contributed by atoms with Gasteiger partial charge in [-0.2, -0.15) is 0 Å². The van der Waals surface area contributed by atoms with Crippen LogP contribution in [0.25, 0.3) is 0 Å². The number of ether oxygens (including phenoxy) is 2. The van der Waals surface area contributed by atoms with Gasteiger partial charge < -0.3 is 9.47 Å². The monoisotopic (exact) mass is 352 g/mol. The van der Waals surface area contributed by atoms with Gasteiger partial charge in [0.25, 0.3) is 0 Å². The second kappa shape index (κ2) is 7.02. The van der Waals surface area contributed by atoms with E-state index in [0.29, 0.717) is 22.6 Å². The quantitative estimate of drug-likeness (QED) is 0.469. The predicted octanol–water partition coefficient (Wildman–Crippen LogP) is 4.22. The van der Waals surface area contributed by atoms with Crippen molar-refractivity contribution in [2.75, 3.05) is 0 Å². The molecule has 0 heterocycles. The summed E-state index contributed by atoms with van der Waals surface area (Å²) >= 11 is 12.9. The first kappa shape index (κ1) is 17.3. The highest BCUT2D eigenvalue weighted by atomic mass is 35.5. The molecule has 0 aromatic heterocycles. The van der Waals surface area contributed by atoms with E-state index in [9.17, 15) is 9.59 Å². The van der Waals surface area contributed by atoms with E-state index in [2.05, 4.69) is 0 Å². The SMILES string of the molecule is CC(=O)Oc1ccc(C(Cl)(Cl)c2ccc(OC(C)=O)cc2)cc1. The Morgan fingerprint density at radius 1 is 0.739 bits per heavy atom. The molecule has 2 aromatic rings. The molecule has 0 N–H and O–H groups in total. The highest BCUT2D eigenvalue weighted by molar-refractivity contribution is 6.50. The third-order valence-electron chi connectivity index (χ3n) is 2.96. The molecular weight excluding hydrogens is 339 g/mol. The lowest BCUT2D eigenvalue weighted by atomic mass is 10.0. The summed E-state index contributed by atoms with van der Waals surface area (Å²) in [4.78, 5) is 21.8. The molecule has 0 saturated carbocycles. The van der Waals surface area contributed by atoms with Crippen LogP contribution in [-0.2, 0) is 13.9 Å². The molecule has 6 heteroatoms. The third-order valence-corrected chi connectivity index (χ3v) is 3.83. The van der Waals surface area contributed by atoms with Crippen LogP contribution < -0.4 is 9.47 Å². The van der Waals surface area contributed by atoms with Crippen LogP contribution in [0.4, 0.5) is 0 Å². The summed E-state index contributed by atoms with van der Waals surface area (Å²) in [7, 11) is 0. The normalized spacial score (nSPS) is 11.0. The second-order valence-electron chi connectivity index (χ2n) is 4.81. The Kier molecular flexibility index (Phi) is 5.29. The van der Waals surface area contributed by atoms with Crippen LogP contribution in [-0.4, -0.2) is 11.9 Å². The third kappa shape index (κ3) is 4.47. The van der Waals surface area contributed by atoms with Gasteiger partial charge in [0.05, 0.1) is 0 Å². The predicted molar refractivity (Wildman–Crippen MR) is 88.0 cm³/mol. The topological polar surface area (TPSA) is 52.6 Å². The van der Waals surface area contributed by atoms with Crippen molar-refractivity contribution in [1.82, 2.24) is 0 Å². The first-order valence-corrected chi connectivity index (χ1v) is 7.50.